The molecule has 0 aliphatic heterocycles. The summed E-state index contributed by atoms with van der Waals surface area (Å²) < 4.78 is 0. The lowest BCUT2D eigenvalue weighted by molar-refractivity contribution is 0.0996. The topological polar surface area (TPSA) is 68.9 Å². The molecular formula is C14H13N3O. The SMILES string of the molecule is NC(=O)c1nc2c(cc1-c1cccnc1)CCC2. The predicted molar refractivity (Wildman–Crippen MR) is 68.0 cm³/mol. The Labute approximate surface area is 105 Å². The van der Waals surface area contributed by atoms with Crippen LogP contribution in [0.2, 0.25) is 0 Å². The molecule has 0 radical (unpaired) electrons. The van der Waals surface area contributed by atoms with E-state index in [1.54, 1.807) is 12.4 Å². The van der Waals surface area contributed by atoms with Gasteiger partial charge in [-0.05, 0) is 37.0 Å². The van der Waals surface area contributed by atoms with Crippen LogP contribution in [-0.2, 0) is 12.8 Å². The molecule has 0 unspecified atom stereocenters. The molecule has 2 aromatic heterocycles. The summed E-state index contributed by atoms with van der Waals surface area (Å²) in [5.41, 5.74) is 9.68. The molecule has 0 aromatic carbocycles. The van der Waals surface area contributed by atoms with Gasteiger partial charge in [-0.3, -0.25) is 9.78 Å². The Bertz CT molecular complexity index is 608. The lowest BCUT2D eigenvalue weighted by atomic mass is 10.0. The first-order chi connectivity index (χ1) is 8.75. The Morgan fingerprint density at radius 3 is 2.94 bits per heavy atom. The molecule has 0 bridgehead atoms. The minimum atomic E-state index is -0.483. The van der Waals surface area contributed by atoms with Crippen molar-refractivity contribution in [1.82, 2.24) is 9.97 Å². The highest BCUT2D eigenvalue weighted by atomic mass is 16.1. The molecule has 90 valence electrons. The molecule has 18 heavy (non-hydrogen) atoms. The summed E-state index contributed by atoms with van der Waals surface area (Å²) in [6, 6.07) is 5.79. The number of primary amides is 1. The monoisotopic (exact) mass is 239 g/mol. The van der Waals surface area contributed by atoms with Gasteiger partial charge < -0.3 is 5.73 Å². The molecule has 2 heterocycles. The van der Waals surface area contributed by atoms with E-state index in [-0.39, 0.29) is 0 Å². The first kappa shape index (κ1) is 10.9. The Morgan fingerprint density at radius 1 is 1.33 bits per heavy atom. The summed E-state index contributed by atoms with van der Waals surface area (Å²) in [5.74, 6) is -0.483. The zero-order valence-corrected chi connectivity index (χ0v) is 9.89. The Hall–Kier alpha value is -2.23. The fourth-order valence-electron chi connectivity index (χ4n) is 2.40. The third-order valence-corrected chi connectivity index (χ3v) is 3.26. The molecule has 4 nitrogen and oxygen atoms in total. The highest BCUT2D eigenvalue weighted by Crippen LogP contribution is 2.28. The van der Waals surface area contributed by atoms with Gasteiger partial charge in [0.05, 0.1) is 0 Å². The summed E-state index contributed by atoms with van der Waals surface area (Å²) >= 11 is 0. The third kappa shape index (κ3) is 1.76. The second-order valence-electron chi connectivity index (χ2n) is 4.45. The highest BCUT2D eigenvalue weighted by Gasteiger charge is 2.19. The van der Waals surface area contributed by atoms with Crippen LogP contribution in [0.4, 0.5) is 0 Å². The molecule has 0 saturated heterocycles. The summed E-state index contributed by atoms with van der Waals surface area (Å²) in [6.07, 6.45) is 6.48. The van der Waals surface area contributed by atoms with Crippen molar-refractivity contribution in [2.45, 2.75) is 19.3 Å². The van der Waals surface area contributed by atoms with E-state index in [0.717, 1.165) is 36.1 Å². The van der Waals surface area contributed by atoms with Gasteiger partial charge in [-0.15, -0.1) is 0 Å². The smallest absolute Gasteiger partial charge is 0.267 e. The summed E-state index contributed by atoms with van der Waals surface area (Å²) in [7, 11) is 0. The summed E-state index contributed by atoms with van der Waals surface area (Å²) in [4.78, 5) is 20.0. The number of fused-ring (bicyclic) bond motifs is 1. The maximum Gasteiger partial charge on any atom is 0.267 e. The maximum absolute atomic E-state index is 11.5. The fraction of sp³-hybridized carbons (Fsp3) is 0.214. The van der Waals surface area contributed by atoms with E-state index in [1.165, 1.54) is 5.56 Å². The van der Waals surface area contributed by atoms with Crippen LogP contribution in [0.3, 0.4) is 0 Å². The quantitative estimate of drug-likeness (QED) is 0.867. The number of pyridine rings is 2. The van der Waals surface area contributed by atoms with Crippen LogP contribution in [-0.4, -0.2) is 15.9 Å². The molecule has 0 spiro atoms. The molecule has 2 N–H and O–H groups in total. The Balaban J connectivity index is 2.21. The zero-order valence-electron chi connectivity index (χ0n) is 9.89. The minimum absolute atomic E-state index is 0.351. The fourth-order valence-corrected chi connectivity index (χ4v) is 2.40. The third-order valence-electron chi connectivity index (χ3n) is 3.26. The number of rotatable bonds is 2. The number of aryl methyl sites for hydroxylation is 2. The van der Waals surface area contributed by atoms with E-state index < -0.39 is 5.91 Å². The van der Waals surface area contributed by atoms with Gasteiger partial charge in [0.25, 0.3) is 5.91 Å². The van der Waals surface area contributed by atoms with Gasteiger partial charge in [0, 0.05) is 29.2 Å². The number of nitrogens with zero attached hydrogens (tertiary/aromatic N) is 2. The molecule has 2 aromatic rings. The number of aromatic nitrogens is 2. The lowest BCUT2D eigenvalue weighted by Crippen LogP contribution is -2.16. The van der Waals surface area contributed by atoms with E-state index in [4.69, 9.17) is 5.73 Å². The number of amides is 1. The molecular weight excluding hydrogens is 226 g/mol. The standard InChI is InChI=1S/C14H13N3O/c15-14(18)13-11(10-4-2-6-16-8-10)7-9-3-1-5-12(9)17-13/h2,4,6-8H,1,3,5H2,(H2,15,18). The van der Waals surface area contributed by atoms with Crippen LogP contribution in [0.15, 0.2) is 30.6 Å². The lowest BCUT2D eigenvalue weighted by Gasteiger charge is -2.09. The maximum atomic E-state index is 11.5. The van der Waals surface area contributed by atoms with Crippen LogP contribution in [0, 0.1) is 0 Å². The van der Waals surface area contributed by atoms with Crippen molar-refractivity contribution in [3.63, 3.8) is 0 Å². The summed E-state index contributed by atoms with van der Waals surface area (Å²) in [6.45, 7) is 0. The van der Waals surface area contributed by atoms with Gasteiger partial charge in [0.1, 0.15) is 5.69 Å². The van der Waals surface area contributed by atoms with Gasteiger partial charge >= 0.3 is 0 Å². The van der Waals surface area contributed by atoms with Crippen LogP contribution in [0.1, 0.15) is 28.2 Å². The van der Waals surface area contributed by atoms with Crippen LogP contribution in [0.5, 0.6) is 0 Å². The zero-order chi connectivity index (χ0) is 12.5. The van der Waals surface area contributed by atoms with Gasteiger partial charge in [-0.1, -0.05) is 6.07 Å². The number of hydrogen-bond acceptors (Lipinski definition) is 3. The van der Waals surface area contributed by atoms with Crippen molar-refractivity contribution >= 4 is 5.91 Å². The van der Waals surface area contributed by atoms with E-state index in [0.29, 0.717) is 5.69 Å². The first-order valence-electron chi connectivity index (χ1n) is 5.98. The number of carbonyl (C=O) groups is 1. The van der Waals surface area contributed by atoms with E-state index in [2.05, 4.69) is 9.97 Å². The predicted octanol–water partition coefficient (Wildman–Crippen LogP) is 1.73. The molecule has 1 aliphatic rings. The van der Waals surface area contributed by atoms with Gasteiger partial charge in [-0.2, -0.15) is 0 Å². The van der Waals surface area contributed by atoms with E-state index in [9.17, 15) is 4.79 Å². The average Bonchev–Trinajstić information content (AvgIpc) is 2.85. The second-order valence-corrected chi connectivity index (χ2v) is 4.45. The van der Waals surface area contributed by atoms with Crippen molar-refractivity contribution in [3.05, 3.63) is 47.5 Å². The van der Waals surface area contributed by atoms with E-state index in [1.807, 2.05) is 18.2 Å². The van der Waals surface area contributed by atoms with Crippen LogP contribution < -0.4 is 5.73 Å². The summed E-state index contributed by atoms with van der Waals surface area (Å²) in [5, 5.41) is 0. The van der Waals surface area contributed by atoms with Crippen LogP contribution in [0.25, 0.3) is 11.1 Å². The van der Waals surface area contributed by atoms with Crippen molar-refractivity contribution in [2.75, 3.05) is 0 Å². The highest BCUT2D eigenvalue weighted by molar-refractivity contribution is 5.98. The van der Waals surface area contributed by atoms with E-state index >= 15 is 0 Å². The average molecular weight is 239 g/mol. The molecule has 0 fully saturated rings. The van der Waals surface area contributed by atoms with Gasteiger partial charge in [0.15, 0.2) is 0 Å². The van der Waals surface area contributed by atoms with Crippen molar-refractivity contribution < 1.29 is 4.79 Å². The molecule has 3 rings (SSSR count). The molecule has 1 amide bonds. The van der Waals surface area contributed by atoms with Gasteiger partial charge in [-0.25, -0.2) is 4.98 Å². The number of nitrogens with two attached hydrogens (primary N) is 1. The number of hydrogen-bond donors (Lipinski definition) is 1. The molecule has 1 aliphatic carbocycles. The largest absolute Gasteiger partial charge is 0.364 e. The van der Waals surface area contributed by atoms with Crippen LogP contribution >= 0.6 is 0 Å². The molecule has 0 saturated carbocycles. The van der Waals surface area contributed by atoms with Crippen molar-refractivity contribution in [1.29, 1.82) is 0 Å². The first-order valence-corrected chi connectivity index (χ1v) is 5.98. The van der Waals surface area contributed by atoms with Crippen molar-refractivity contribution in [3.8, 4) is 11.1 Å². The minimum Gasteiger partial charge on any atom is -0.364 e. The normalized spacial score (nSPS) is 13.3. The Morgan fingerprint density at radius 2 is 2.22 bits per heavy atom. The van der Waals surface area contributed by atoms with Crippen molar-refractivity contribution in [2.24, 2.45) is 5.73 Å². The second kappa shape index (κ2) is 4.22. The molecule has 4 heteroatoms. The van der Waals surface area contributed by atoms with Gasteiger partial charge in [0.2, 0.25) is 0 Å². The molecule has 0 atom stereocenters. The number of carbonyl (C=O) groups excluding carboxylic acids is 1. The Kier molecular flexibility index (Phi) is 2.55.